The lowest BCUT2D eigenvalue weighted by Gasteiger charge is -2.39. The highest BCUT2D eigenvalue weighted by Gasteiger charge is 2.28. The van der Waals surface area contributed by atoms with Crippen molar-refractivity contribution in [3.05, 3.63) is 34.2 Å². The van der Waals surface area contributed by atoms with Crippen molar-refractivity contribution >= 4 is 11.0 Å². The number of aryl methyl sites for hydroxylation is 1. The van der Waals surface area contributed by atoms with Crippen molar-refractivity contribution in [2.24, 2.45) is 0 Å². The van der Waals surface area contributed by atoms with E-state index in [4.69, 9.17) is 4.74 Å². The number of fused-ring (bicyclic) bond motifs is 1. The van der Waals surface area contributed by atoms with Crippen molar-refractivity contribution in [3.63, 3.8) is 0 Å². The lowest BCUT2D eigenvalue weighted by molar-refractivity contribution is 0.0220. The first-order chi connectivity index (χ1) is 11.2. The third kappa shape index (κ3) is 2.83. The number of aromatic nitrogens is 2. The van der Waals surface area contributed by atoms with Crippen LogP contribution in [0.5, 0.6) is 0 Å². The molecule has 0 unspecified atom stereocenters. The molecule has 0 atom stereocenters. The Hall–Kier alpha value is -1.59. The lowest BCUT2D eigenvalue weighted by Crippen LogP contribution is -2.45. The summed E-state index contributed by atoms with van der Waals surface area (Å²) < 4.78 is 7.46. The monoisotopic (exact) mass is 315 g/mol. The van der Waals surface area contributed by atoms with Crippen LogP contribution in [0.25, 0.3) is 11.0 Å². The zero-order valence-corrected chi connectivity index (χ0v) is 13.8. The second-order valence-electron chi connectivity index (χ2n) is 6.93. The number of ether oxygens (including phenoxy) is 1. The van der Waals surface area contributed by atoms with E-state index in [9.17, 15) is 4.79 Å². The Balaban J connectivity index is 1.53. The molecule has 0 bridgehead atoms. The number of hydrogen-bond donors (Lipinski definition) is 1. The number of rotatable bonds is 2. The van der Waals surface area contributed by atoms with E-state index < -0.39 is 0 Å². The molecule has 124 valence electrons. The van der Waals surface area contributed by atoms with Crippen LogP contribution in [0.3, 0.4) is 0 Å². The minimum Gasteiger partial charge on any atom is -0.381 e. The van der Waals surface area contributed by atoms with Gasteiger partial charge in [0.2, 0.25) is 0 Å². The molecule has 5 nitrogen and oxygen atoms in total. The van der Waals surface area contributed by atoms with Crippen molar-refractivity contribution in [2.75, 3.05) is 26.3 Å². The number of benzene rings is 1. The van der Waals surface area contributed by atoms with E-state index in [-0.39, 0.29) is 5.69 Å². The van der Waals surface area contributed by atoms with E-state index in [1.807, 2.05) is 10.6 Å². The van der Waals surface area contributed by atoms with Gasteiger partial charge in [-0.1, -0.05) is 6.07 Å². The third-order valence-electron chi connectivity index (χ3n) is 5.44. The zero-order chi connectivity index (χ0) is 15.8. The number of piperidine rings is 1. The summed E-state index contributed by atoms with van der Waals surface area (Å²) in [6.45, 7) is 6.03. The summed E-state index contributed by atoms with van der Waals surface area (Å²) >= 11 is 0. The number of likely N-dealkylation sites (tertiary alicyclic amines) is 1. The summed E-state index contributed by atoms with van der Waals surface area (Å²) in [6.07, 6.45) is 4.41. The maximum atomic E-state index is 12.4. The van der Waals surface area contributed by atoms with Gasteiger partial charge in [-0.3, -0.25) is 4.57 Å². The molecule has 1 aromatic heterocycles. The average Bonchev–Trinajstić information content (AvgIpc) is 2.91. The van der Waals surface area contributed by atoms with E-state index in [2.05, 4.69) is 28.9 Å². The predicted molar refractivity (Wildman–Crippen MR) is 91.0 cm³/mol. The highest BCUT2D eigenvalue weighted by molar-refractivity contribution is 5.76. The second-order valence-corrected chi connectivity index (χ2v) is 6.93. The molecule has 5 heteroatoms. The molecule has 0 radical (unpaired) electrons. The molecule has 0 amide bonds. The Labute approximate surface area is 136 Å². The molecule has 3 heterocycles. The van der Waals surface area contributed by atoms with E-state index >= 15 is 0 Å². The van der Waals surface area contributed by atoms with Crippen molar-refractivity contribution in [1.29, 1.82) is 0 Å². The topological polar surface area (TPSA) is 50.3 Å². The molecule has 2 aliphatic rings. The molecular weight excluding hydrogens is 290 g/mol. The molecule has 1 N–H and O–H groups in total. The van der Waals surface area contributed by atoms with Gasteiger partial charge in [-0.25, -0.2) is 4.79 Å². The van der Waals surface area contributed by atoms with Gasteiger partial charge in [0.05, 0.1) is 11.0 Å². The maximum Gasteiger partial charge on any atom is 0.326 e. The number of H-pyrrole nitrogens is 1. The molecule has 0 spiro atoms. The van der Waals surface area contributed by atoms with Crippen LogP contribution in [0.4, 0.5) is 0 Å². The summed E-state index contributed by atoms with van der Waals surface area (Å²) in [5, 5.41) is 0. The third-order valence-corrected chi connectivity index (χ3v) is 5.44. The van der Waals surface area contributed by atoms with Gasteiger partial charge in [-0.15, -0.1) is 0 Å². The Morgan fingerprint density at radius 2 is 1.83 bits per heavy atom. The first-order valence-electron chi connectivity index (χ1n) is 8.75. The summed E-state index contributed by atoms with van der Waals surface area (Å²) in [4.78, 5) is 18.0. The Morgan fingerprint density at radius 1 is 1.09 bits per heavy atom. The SMILES string of the molecule is Cc1ccc2[nH]c(=O)n(C3CCN(C4CCOCC4)CC3)c2c1. The Bertz CT molecular complexity index is 734. The normalized spacial score (nSPS) is 22.0. The number of hydrogen-bond acceptors (Lipinski definition) is 3. The predicted octanol–water partition coefficient (Wildman–Crippen LogP) is 2.45. The molecule has 2 aliphatic heterocycles. The molecule has 2 saturated heterocycles. The Kier molecular flexibility index (Phi) is 3.99. The van der Waals surface area contributed by atoms with Crippen LogP contribution in [-0.2, 0) is 4.74 Å². The van der Waals surface area contributed by atoms with E-state index in [0.717, 1.165) is 63.0 Å². The minimum absolute atomic E-state index is 0.0371. The van der Waals surface area contributed by atoms with Gasteiger partial charge in [-0.2, -0.15) is 0 Å². The number of aromatic amines is 1. The van der Waals surface area contributed by atoms with Gasteiger partial charge in [-0.05, 0) is 50.3 Å². The van der Waals surface area contributed by atoms with Crippen LogP contribution in [0, 0.1) is 6.92 Å². The highest BCUT2D eigenvalue weighted by Crippen LogP contribution is 2.28. The summed E-state index contributed by atoms with van der Waals surface area (Å²) in [7, 11) is 0. The molecule has 0 aliphatic carbocycles. The lowest BCUT2D eigenvalue weighted by atomic mass is 9.99. The highest BCUT2D eigenvalue weighted by atomic mass is 16.5. The van der Waals surface area contributed by atoms with Crippen LogP contribution in [0.15, 0.2) is 23.0 Å². The fourth-order valence-electron chi connectivity index (χ4n) is 4.15. The minimum atomic E-state index is 0.0371. The van der Waals surface area contributed by atoms with E-state index in [1.54, 1.807) is 0 Å². The molecule has 2 aromatic rings. The standard InChI is InChI=1S/C18H25N3O2/c1-13-2-3-16-17(12-13)21(18(22)19-16)15-4-8-20(9-5-15)14-6-10-23-11-7-14/h2-3,12,14-15H,4-11H2,1H3,(H,19,22). The van der Waals surface area contributed by atoms with Crippen molar-refractivity contribution in [1.82, 2.24) is 14.5 Å². The summed E-state index contributed by atoms with van der Waals surface area (Å²) in [5.74, 6) is 0. The summed E-state index contributed by atoms with van der Waals surface area (Å²) in [5.41, 5.74) is 3.24. The van der Waals surface area contributed by atoms with Gasteiger partial charge >= 0.3 is 5.69 Å². The maximum absolute atomic E-state index is 12.4. The van der Waals surface area contributed by atoms with Gasteiger partial charge in [0, 0.05) is 38.4 Å². The van der Waals surface area contributed by atoms with Crippen LogP contribution < -0.4 is 5.69 Å². The zero-order valence-electron chi connectivity index (χ0n) is 13.8. The van der Waals surface area contributed by atoms with Crippen LogP contribution in [0.2, 0.25) is 0 Å². The van der Waals surface area contributed by atoms with Gasteiger partial charge in [0.25, 0.3) is 0 Å². The number of imidazole rings is 1. The molecule has 1 aromatic carbocycles. The number of nitrogens with zero attached hydrogens (tertiary/aromatic N) is 2. The smallest absolute Gasteiger partial charge is 0.326 e. The largest absolute Gasteiger partial charge is 0.381 e. The molecular formula is C18H25N3O2. The van der Waals surface area contributed by atoms with Crippen molar-refractivity contribution in [3.8, 4) is 0 Å². The van der Waals surface area contributed by atoms with Crippen LogP contribution in [0.1, 0.15) is 37.3 Å². The van der Waals surface area contributed by atoms with Gasteiger partial charge < -0.3 is 14.6 Å². The van der Waals surface area contributed by atoms with Gasteiger partial charge in [0.1, 0.15) is 0 Å². The molecule has 23 heavy (non-hydrogen) atoms. The quantitative estimate of drug-likeness (QED) is 0.926. The first-order valence-corrected chi connectivity index (χ1v) is 8.75. The van der Waals surface area contributed by atoms with Crippen LogP contribution >= 0.6 is 0 Å². The van der Waals surface area contributed by atoms with Crippen molar-refractivity contribution in [2.45, 2.75) is 44.7 Å². The van der Waals surface area contributed by atoms with E-state index in [1.165, 1.54) is 5.56 Å². The van der Waals surface area contributed by atoms with Crippen LogP contribution in [-0.4, -0.2) is 46.8 Å². The fraction of sp³-hybridized carbons (Fsp3) is 0.611. The molecule has 2 fully saturated rings. The first kappa shape index (κ1) is 15.0. The van der Waals surface area contributed by atoms with E-state index in [0.29, 0.717) is 12.1 Å². The molecule has 0 saturated carbocycles. The Morgan fingerprint density at radius 3 is 2.57 bits per heavy atom. The van der Waals surface area contributed by atoms with Crippen molar-refractivity contribution < 1.29 is 4.74 Å². The number of nitrogens with one attached hydrogen (secondary N) is 1. The fourth-order valence-corrected chi connectivity index (χ4v) is 4.15. The average molecular weight is 315 g/mol. The summed E-state index contributed by atoms with van der Waals surface area (Å²) in [6, 6.07) is 7.18. The second kappa shape index (κ2) is 6.13. The molecule has 4 rings (SSSR count). The van der Waals surface area contributed by atoms with Gasteiger partial charge in [0.15, 0.2) is 0 Å².